The zero-order valence-corrected chi connectivity index (χ0v) is 7.96. The number of hydrogen-bond donors (Lipinski definition) is 1. The highest BCUT2D eigenvalue weighted by atomic mass is 19.1. The number of carbonyl (C=O) groups excluding carboxylic acids is 1. The van der Waals surface area contributed by atoms with E-state index in [-0.39, 0.29) is 11.9 Å². The Morgan fingerprint density at radius 1 is 1.57 bits per heavy atom. The largest absolute Gasteiger partial charge is 0.355 e. The van der Waals surface area contributed by atoms with Crippen molar-refractivity contribution in [2.24, 2.45) is 0 Å². The molecule has 1 aromatic carbocycles. The molecule has 0 radical (unpaired) electrons. The van der Waals surface area contributed by atoms with Gasteiger partial charge in [-0.25, -0.2) is 4.39 Å². The van der Waals surface area contributed by atoms with E-state index in [0.717, 1.165) is 18.4 Å². The third-order valence-corrected chi connectivity index (χ3v) is 2.68. The lowest BCUT2D eigenvalue weighted by Gasteiger charge is -2.02. The van der Waals surface area contributed by atoms with Crippen LogP contribution >= 0.6 is 0 Å². The van der Waals surface area contributed by atoms with Crippen LogP contribution in [0.2, 0.25) is 0 Å². The average Bonchev–Trinajstić information content (AvgIpc) is 2.90. The van der Waals surface area contributed by atoms with E-state index in [2.05, 4.69) is 5.32 Å². The van der Waals surface area contributed by atoms with Crippen LogP contribution in [0.25, 0.3) is 0 Å². The van der Waals surface area contributed by atoms with Crippen molar-refractivity contribution in [2.75, 3.05) is 0 Å². The van der Waals surface area contributed by atoms with Gasteiger partial charge in [0.05, 0.1) is 0 Å². The number of nitrogens with one attached hydrogen (secondary N) is 1. The molecule has 1 N–H and O–H groups in total. The summed E-state index contributed by atoms with van der Waals surface area (Å²) in [5, 5.41) is 2.73. The second-order valence-electron chi connectivity index (χ2n) is 3.74. The van der Waals surface area contributed by atoms with E-state index in [1.165, 1.54) is 6.07 Å². The summed E-state index contributed by atoms with van der Waals surface area (Å²) in [4.78, 5) is 10.2. The Kier molecular flexibility index (Phi) is 2.23. The van der Waals surface area contributed by atoms with Gasteiger partial charge < -0.3 is 5.32 Å². The standard InChI is InChI=1S/C11H12FNO/c1-7-4-8(2-3-10(7)12)9-5-11(9)13-6-14/h2-4,6,9,11H,5H2,1H3,(H,13,14)/t9-,11+/m0/s1. The maximum atomic E-state index is 13.0. The van der Waals surface area contributed by atoms with Gasteiger partial charge in [0.25, 0.3) is 0 Å². The minimum Gasteiger partial charge on any atom is -0.355 e. The Balaban J connectivity index is 2.12. The van der Waals surface area contributed by atoms with Gasteiger partial charge in [0, 0.05) is 12.0 Å². The molecule has 0 aromatic heterocycles. The number of halogens is 1. The van der Waals surface area contributed by atoms with Crippen LogP contribution < -0.4 is 5.32 Å². The first-order chi connectivity index (χ1) is 6.72. The second-order valence-corrected chi connectivity index (χ2v) is 3.74. The number of amides is 1. The van der Waals surface area contributed by atoms with Crippen molar-refractivity contribution in [3.8, 4) is 0 Å². The van der Waals surface area contributed by atoms with Crippen LogP contribution in [0, 0.1) is 12.7 Å². The van der Waals surface area contributed by atoms with Crippen molar-refractivity contribution in [3.05, 3.63) is 35.1 Å². The fourth-order valence-corrected chi connectivity index (χ4v) is 1.73. The number of aryl methyl sites for hydroxylation is 1. The number of rotatable bonds is 3. The fraction of sp³-hybridized carbons (Fsp3) is 0.364. The van der Waals surface area contributed by atoms with E-state index >= 15 is 0 Å². The monoisotopic (exact) mass is 193 g/mol. The van der Waals surface area contributed by atoms with E-state index in [9.17, 15) is 9.18 Å². The number of carbonyl (C=O) groups is 1. The van der Waals surface area contributed by atoms with Crippen molar-refractivity contribution in [2.45, 2.75) is 25.3 Å². The minimum absolute atomic E-state index is 0.172. The maximum Gasteiger partial charge on any atom is 0.207 e. The first kappa shape index (κ1) is 9.19. The molecule has 2 atom stereocenters. The molecule has 1 aliphatic carbocycles. The minimum atomic E-state index is -0.172. The molecular weight excluding hydrogens is 181 g/mol. The summed E-state index contributed by atoms with van der Waals surface area (Å²) in [6.07, 6.45) is 1.69. The molecule has 74 valence electrons. The van der Waals surface area contributed by atoms with Crippen molar-refractivity contribution in [1.29, 1.82) is 0 Å². The van der Waals surface area contributed by atoms with Crippen LogP contribution in [0.4, 0.5) is 4.39 Å². The molecule has 1 aromatic rings. The molecule has 0 bridgehead atoms. The molecule has 3 heteroatoms. The van der Waals surface area contributed by atoms with Crippen molar-refractivity contribution >= 4 is 6.41 Å². The Labute approximate surface area is 82.1 Å². The van der Waals surface area contributed by atoms with E-state index in [4.69, 9.17) is 0 Å². The zero-order valence-electron chi connectivity index (χ0n) is 7.96. The lowest BCUT2D eigenvalue weighted by atomic mass is 10.1. The van der Waals surface area contributed by atoms with Crippen LogP contribution in [0.5, 0.6) is 0 Å². The number of benzene rings is 1. The average molecular weight is 193 g/mol. The quantitative estimate of drug-likeness (QED) is 0.728. The van der Waals surface area contributed by atoms with Crippen LogP contribution in [-0.2, 0) is 4.79 Å². The molecule has 14 heavy (non-hydrogen) atoms. The van der Waals surface area contributed by atoms with E-state index < -0.39 is 0 Å². The molecule has 1 fully saturated rings. The maximum absolute atomic E-state index is 13.0. The third kappa shape index (κ3) is 1.62. The molecular formula is C11H12FNO. The van der Waals surface area contributed by atoms with Gasteiger partial charge in [0.15, 0.2) is 0 Å². The Morgan fingerprint density at radius 2 is 2.36 bits per heavy atom. The Bertz CT molecular complexity index is 364. The predicted molar refractivity (Wildman–Crippen MR) is 51.5 cm³/mol. The first-order valence-corrected chi connectivity index (χ1v) is 4.68. The summed E-state index contributed by atoms with van der Waals surface area (Å²) >= 11 is 0. The molecule has 0 saturated heterocycles. The molecule has 0 unspecified atom stereocenters. The SMILES string of the molecule is Cc1cc([C@@H]2C[C@H]2NC=O)ccc1F. The van der Waals surface area contributed by atoms with Crippen LogP contribution in [-0.4, -0.2) is 12.5 Å². The highest BCUT2D eigenvalue weighted by Gasteiger charge is 2.38. The summed E-state index contributed by atoms with van der Waals surface area (Å²) in [5.74, 6) is 0.203. The predicted octanol–water partition coefficient (Wildman–Crippen LogP) is 1.74. The lowest BCUT2D eigenvalue weighted by Crippen LogP contribution is -2.14. The van der Waals surface area contributed by atoms with E-state index in [1.54, 1.807) is 13.0 Å². The van der Waals surface area contributed by atoms with E-state index in [0.29, 0.717) is 11.5 Å². The molecule has 0 aliphatic heterocycles. The molecule has 0 heterocycles. The van der Waals surface area contributed by atoms with Gasteiger partial charge in [-0.05, 0) is 30.5 Å². The van der Waals surface area contributed by atoms with Gasteiger partial charge in [-0.1, -0.05) is 12.1 Å². The Morgan fingerprint density at radius 3 is 3.00 bits per heavy atom. The summed E-state index contributed by atoms with van der Waals surface area (Å²) in [6, 6.07) is 5.38. The lowest BCUT2D eigenvalue weighted by molar-refractivity contribution is -0.109. The van der Waals surface area contributed by atoms with Gasteiger partial charge >= 0.3 is 0 Å². The molecule has 1 saturated carbocycles. The normalized spacial score (nSPS) is 24.4. The number of hydrogen-bond acceptors (Lipinski definition) is 1. The smallest absolute Gasteiger partial charge is 0.207 e. The zero-order chi connectivity index (χ0) is 10.1. The van der Waals surface area contributed by atoms with Crippen molar-refractivity contribution in [3.63, 3.8) is 0 Å². The van der Waals surface area contributed by atoms with Gasteiger partial charge in [0.2, 0.25) is 6.41 Å². The topological polar surface area (TPSA) is 29.1 Å². The van der Waals surface area contributed by atoms with Crippen LogP contribution in [0.3, 0.4) is 0 Å². The molecule has 1 aliphatic rings. The van der Waals surface area contributed by atoms with Crippen LogP contribution in [0.1, 0.15) is 23.5 Å². The summed E-state index contributed by atoms with van der Waals surface area (Å²) in [7, 11) is 0. The van der Waals surface area contributed by atoms with Gasteiger partial charge in [-0.2, -0.15) is 0 Å². The first-order valence-electron chi connectivity index (χ1n) is 4.68. The summed E-state index contributed by atoms with van der Waals surface area (Å²) in [6.45, 7) is 1.75. The highest BCUT2D eigenvalue weighted by Crippen LogP contribution is 2.40. The van der Waals surface area contributed by atoms with E-state index in [1.807, 2.05) is 6.07 Å². The van der Waals surface area contributed by atoms with Crippen LogP contribution in [0.15, 0.2) is 18.2 Å². The van der Waals surface area contributed by atoms with Gasteiger partial charge in [-0.15, -0.1) is 0 Å². The summed E-state index contributed by atoms with van der Waals surface area (Å²) < 4.78 is 13.0. The fourth-order valence-electron chi connectivity index (χ4n) is 1.73. The second kappa shape index (κ2) is 3.40. The molecule has 2 rings (SSSR count). The molecule has 1 amide bonds. The van der Waals surface area contributed by atoms with Crippen molar-refractivity contribution < 1.29 is 9.18 Å². The van der Waals surface area contributed by atoms with Crippen molar-refractivity contribution in [1.82, 2.24) is 5.32 Å². The van der Waals surface area contributed by atoms with Gasteiger partial charge in [0.1, 0.15) is 5.82 Å². The Hall–Kier alpha value is -1.38. The van der Waals surface area contributed by atoms with Gasteiger partial charge in [-0.3, -0.25) is 4.79 Å². The third-order valence-electron chi connectivity index (χ3n) is 2.68. The summed E-state index contributed by atoms with van der Waals surface area (Å²) in [5.41, 5.74) is 1.78. The highest BCUT2D eigenvalue weighted by molar-refractivity contribution is 5.49. The molecule has 0 spiro atoms. The molecule has 2 nitrogen and oxygen atoms in total.